The summed E-state index contributed by atoms with van der Waals surface area (Å²) in [5, 5.41) is 14.3. The van der Waals surface area contributed by atoms with Crippen molar-refractivity contribution in [2.75, 3.05) is 23.2 Å². The van der Waals surface area contributed by atoms with E-state index >= 15 is 0 Å². The van der Waals surface area contributed by atoms with Crippen LogP contribution in [0, 0.1) is 11.6 Å². The van der Waals surface area contributed by atoms with E-state index in [-0.39, 0.29) is 35.0 Å². The molecule has 0 aliphatic carbocycles. The molecule has 0 bridgehead atoms. The number of rotatable bonds is 11. The predicted octanol–water partition coefficient (Wildman–Crippen LogP) is 3.12. The Bertz CT molecular complexity index is 1810. The molecule has 1 unspecified atom stereocenters. The second kappa shape index (κ2) is 13.9. The van der Waals surface area contributed by atoms with Crippen LogP contribution in [0.5, 0.6) is 0 Å². The molecule has 4 N–H and O–H groups in total. The Balaban J connectivity index is 1.46. The lowest BCUT2D eigenvalue weighted by Gasteiger charge is -2.36. The third kappa shape index (κ3) is 7.71. The van der Waals surface area contributed by atoms with Crippen LogP contribution >= 0.6 is 0 Å². The first kappa shape index (κ1) is 34.5. The average Bonchev–Trinajstić information content (AvgIpc) is 3.00. The molecule has 0 saturated carbocycles. The van der Waals surface area contributed by atoms with E-state index in [2.05, 4.69) is 10.6 Å². The molecule has 13 nitrogen and oxygen atoms in total. The summed E-state index contributed by atoms with van der Waals surface area (Å²) in [6.07, 6.45) is -0.203. The fourth-order valence-corrected chi connectivity index (χ4v) is 5.79. The molecule has 3 aromatic rings. The van der Waals surface area contributed by atoms with Gasteiger partial charge >= 0.3 is 12.0 Å². The smallest absolute Gasteiger partial charge is 0.331 e. The van der Waals surface area contributed by atoms with Gasteiger partial charge in [-0.2, -0.15) is 0 Å². The van der Waals surface area contributed by atoms with Crippen LogP contribution in [0.2, 0.25) is 0 Å². The highest BCUT2D eigenvalue weighted by Crippen LogP contribution is 2.25. The van der Waals surface area contributed by atoms with Crippen LogP contribution in [0.15, 0.2) is 65.6 Å². The largest absolute Gasteiger partial charge is 0.480 e. The molecule has 0 aromatic heterocycles. The van der Waals surface area contributed by atoms with Crippen molar-refractivity contribution < 1.29 is 46.3 Å². The van der Waals surface area contributed by atoms with E-state index in [1.165, 1.54) is 41.3 Å². The Morgan fingerprint density at radius 1 is 0.979 bits per heavy atom. The quantitative estimate of drug-likeness (QED) is 0.240. The van der Waals surface area contributed by atoms with E-state index in [4.69, 9.17) is 0 Å². The number of halogens is 2. The van der Waals surface area contributed by atoms with Gasteiger partial charge in [0.1, 0.15) is 23.2 Å². The van der Waals surface area contributed by atoms with Gasteiger partial charge < -0.3 is 20.6 Å². The molecular formula is C31H31F2N5O8S. The highest BCUT2D eigenvalue weighted by Gasteiger charge is 2.35. The Kier molecular flexibility index (Phi) is 10.2. The number of carboxylic acid groups (broad SMARTS) is 1. The van der Waals surface area contributed by atoms with Gasteiger partial charge in [0, 0.05) is 38.0 Å². The van der Waals surface area contributed by atoms with E-state index in [9.17, 15) is 46.3 Å². The summed E-state index contributed by atoms with van der Waals surface area (Å²) < 4.78 is 57.5. The lowest BCUT2D eigenvalue weighted by atomic mass is 10.0. The van der Waals surface area contributed by atoms with Crippen molar-refractivity contribution in [1.82, 2.24) is 15.5 Å². The van der Waals surface area contributed by atoms with Crippen molar-refractivity contribution in [2.45, 2.75) is 43.7 Å². The monoisotopic (exact) mass is 671 g/mol. The van der Waals surface area contributed by atoms with Crippen LogP contribution in [-0.2, 0) is 26.0 Å². The summed E-state index contributed by atoms with van der Waals surface area (Å²) in [5.41, 5.74) is -0.866. The third-order valence-corrected chi connectivity index (χ3v) is 8.79. The van der Waals surface area contributed by atoms with Crippen molar-refractivity contribution >= 4 is 51.1 Å². The second-order valence-electron chi connectivity index (χ2n) is 10.7. The zero-order chi connectivity index (χ0) is 34.6. The van der Waals surface area contributed by atoms with Crippen LogP contribution < -0.4 is 20.3 Å². The van der Waals surface area contributed by atoms with E-state index in [1.54, 1.807) is 20.9 Å². The molecular weight excluding hydrogens is 640 g/mol. The number of benzene rings is 3. The SMILES string of the molecule is CCNC(=O)c1ccc(S(=O)(=O)Nc2cc(F)c(C(=O)N[C@@H](Cc3ccc(N4C(=O)CC(C)N(C)C4=O)cc3)C(=O)O)c(F)c2)cc1. The van der Waals surface area contributed by atoms with E-state index in [0.717, 1.165) is 17.0 Å². The van der Waals surface area contributed by atoms with Crippen LogP contribution in [0.25, 0.3) is 0 Å². The molecule has 4 rings (SSSR count). The molecule has 1 aliphatic heterocycles. The number of hydrogen-bond donors (Lipinski definition) is 4. The number of hydrogen-bond acceptors (Lipinski definition) is 7. The minimum absolute atomic E-state index is 0.116. The minimum atomic E-state index is -4.36. The number of imide groups is 1. The van der Waals surface area contributed by atoms with Gasteiger partial charge in [-0.1, -0.05) is 12.1 Å². The van der Waals surface area contributed by atoms with E-state index < -0.39 is 68.7 Å². The number of carbonyl (C=O) groups excluding carboxylic acids is 4. The predicted molar refractivity (Wildman–Crippen MR) is 165 cm³/mol. The maximum atomic E-state index is 15.0. The normalized spacial score (nSPS) is 15.6. The average molecular weight is 672 g/mol. The van der Waals surface area contributed by atoms with Gasteiger partial charge in [-0.3, -0.25) is 19.1 Å². The Labute approximate surface area is 268 Å². The number of carbonyl (C=O) groups is 5. The molecule has 5 amide bonds. The number of nitrogens with zero attached hydrogens (tertiary/aromatic N) is 2. The standard InChI is InChI=1S/C31H31F2N5O8S/c1-4-34-28(40)19-7-11-22(12-8-19)47(45,46)36-20-15-23(32)27(24(33)16-20)29(41)35-25(30(42)43)14-18-5-9-21(10-6-18)38-26(39)13-17(2)37(3)31(38)44/h5-12,15-17,25,36H,4,13-14H2,1-3H3,(H,34,40)(H,35,41)(H,42,43)/t17?,25-/m0/s1. The molecule has 3 aromatic carbocycles. The highest BCUT2D eigenvalue weighted by molar-refractivity contribution is 7.92. The van der Waals surface area contributed by atoms with Gasteiger partial charge in [0.2, 0.25) is 5.91 Å². The molecule has 0 spiro atoms. The molecule has 1 fully saturated rings. The van der Waals surface area contributed by atoms with Gasteiger partial charge in [-0.05, 0) is 67.9 Å². The van der Waals surface area contributed by atoms with Crippen LogP contribution in [0.1, 0.15) is 46.5 Å². The van der Waals surface area contributed by atoms with E-state index in [1.807, 2.05) is 4.72 Å². The lowest BCUT2D eigenvalue weighted by Crippen LogP contribution is -2.54. The lowest BCUT2D eigenvalue weighted by molar-refractivity contribution is -0.139. The van der Waals surface area contributed by atoms with Crippen LogP contribution in [-0.4, -0.2) is 73.8 Å². The summed E-state index contributed by atoms with van der Waals surface area (Å²) in [5.74, 6) is -6.66. The zero-order valence-corrected chi connectivity index (χ0v) is 26.2. The summed E-state index contributed by atoms with van der Waals surface area (Å²) >= 11 is 0. The van der Waals surface area contributed by atoms with Crippen molar-refractivity contribution in [3.63, 3.8) is 0 Å². The van der Waals surface area contributed by atoms with Crippen molar-refractivity contribution in [3.8, 4) is 0 Å². The molecule has 248 valence electrons. The molecule has 1 saturated heterocycles. The van der Waals surface area contributed by atoms with Gasteiger partial charge in [0.05, 0.1) is 16.3 Å². The first-order valence-electron chi connectivity index (χ1n) is 14.3. The molecule has 1 aliphatic rings. The summed E-state index contributed by atoms with van der Waals surface area (Å²) in [6.45, 7) is 3.81. The maximum absolute atomic E-state index is 15.0. The Morgan fingerprint density at radius 2 is 1.57 bits per heavy atom. The number of sulfonamides is 1. The Morgan fingerprint density at radius 3 is 2.13 bits per heavy atom. The molecule has 16 heteroatoms. The number of carboxylic acids is 1. The van der Waals surface area contributed by atoms with Crippen molar-refractivity contribution in [3.05, 3.63) is 89.0 Å². The van der Waals surface area contributed by atoms with Crippen LogP contribution in [0.3, 0.4) is 0 Å². The zero-order valence-electron chi connectivity index (χ0n) is 25.4. The first-order chi connectivity index (χ1) is 22.1. The number of urea groups is 1. The summed E-state index contributed by atoms with van der Waals surface area (Å²) in [4.78, 5) is 63.9. The fourth-order valence-electron chi connectivity index (χ4n) is 4.75. The molecule has 2 atom stereocenters. The van der Waals surface area contributed by atoms with Gasteiger partial charge in [0.15, 0.2) is 0 Å². The first-order valence-corrected chi connectivity index (χ1v) is 15.7. The molecule has 1 heterocycles. The number of amides is 5. The minimum Gasteiger partial charge on any atom is -0.480 e. The Hall–Kier alpha value is -5.38. The number of aliphatic carboxylic acids is 1. The van der Waals surface area contributed by atoms with Gasteiger partial charge in [0.25, 0.3) is 21.8 Å². The molecule has 47 heavy (non-hydrogen) atoms. The van der Waals surface area contributed by atoms with Crippen LogP contribution in [0.4, 0.5) is 25.0 Å². The fraction of sp³-hybridized carbons (Fsp3) is 0.258. The van der Waals surface area contributed by atoms with Gasteiger partial charge in [-0.25, -0.2) is 31.7 Å². The third-order valence-electron chi connectivity index (χ3n) is 7.40. The number of nitrogens with one attached hydrogen (secondary N) is 3. The second-order valence-corrected chi connectivity index (χ2v) is 12.4. The van der Waals surface area contributed by atoms with Gasteiger partial charge in [-0.15, -0.1) is 0 Å². The van der Waals surface area contributed by atoms with E-state index in [0.29, 0.717) is 24.2 Å². The molecule has 0 radical (unpaired) electrons. The highest BCUT2D eigenvalue weighted by atomic mass is 32.2. The number of anilines is 2. The summed E-state index contributed by atoms with van der Waals surface area (Å²) in [7, 11) is -2.79. The van der Waals surface area contributed by atoms with Crippen molar-refractivity contribution in [1.29, 1.82) is 0 Å². The topological polar surface area (TPSA) is 182 Å². The van der Waals surface area contributed by atoms with Crippen molar-refractivity contribution in [2.24, 2.45) is 0 Å². The maximum Gasteiger partial charge on any atom is 0.331 e. The summed E-state index contributed by atoms with van der Waals surface area (Å²) in [6, 6.07) is 9.25.